The van der Waals surface area contributed by atoms with Crippen molar-refractivity contribution >= 4 is 17.6 Å². The Morgan fingerprint density at radius 1 is 1.36 bits per heavy atom. The number of hydrogen-bond donors (Lipinski definition) is 1. The highest BCUT2D eigenvalue weighted by Gasteiger charge is 2.43. The van der Waals surface area contributed by atoms with Crippen LogP contribution in [-0.2, 0) is 9.53 Å². The van der Waals surface area contributed by atoms with Gasteiger partial charge in [0, 0.05) is 11.6 Å². The molecular formula is C18H21N5O5. The number of carbonyl (C=O) groups is 2. The van der Waals surface area contributed by atoms with Crippen molar-refractivity contribution in [2.24, 2.45) is 5.92 Å². The molecule has 10 nitrogen and oxygen atoms in total. The zero-order valence-electron chi connectivity index (χ0n) is 15.6. The monoisotopic (exact) mass is 387 g/mol. The summed E-state index contributed by atoms with van der Waals surface area (Å²) in [4.78, 5) is 39.9. The van der Waals surface area contributed by atoms with Crippen molar-refractivity contribution in [1.82, 2.24) is 20.1 Å². The number of nitro groups is 1. The molecule has 2 aromatic rings. The molecule has 0 saturated heterocycles. The molecule has 1 aliphatic rings. The summed E-state index contributed by atoms with van der Waals surface area (Å²) in [5, 5.41) is 18.1. The third-order valence-electron chi connectivity index (χ3n) is 5.16. The van der Waals surface area contributed by atoms with Gasteiger partial charge in [0.1, 0.15) is 23.9 Å². The van der Waals surface area contributed by atoms with E-state index in [9.17, 15) is 19.7 Å². The largest absolute Gasteiger partial charge is 0.467 e. The number of nitrogens with one attached hydrogen (secondary N) is 1. The smallest absolute Gasteiger partial charge is 0.331 e. The van der Waals surface area contributed by atoms with Crippen LogP contribution in [0.2, 0.25) is 0 Å². The van der Waals surface area contributed by atoms with Crippen molar-refractivity contribution in [2.45, 2.75) is 38.1 Å². The zero-order valence-corrected chi connectivity index (χ0v) is 15.6. The maximum absolute atomic E-state index is 12.8. The van der Waals surface area contributed by atoms with Crippen molar-refractivity contribution in [3.63, 3.8) is 0 Å². The van der Waals surface area contributed by atoms with Crippen molar-refractivity contribution in [3.8, 4) is 5.69 Å². The summed E-state index contributed by atoms with van der Waals surface area (Å²) >= 11 is 0. The van der Waals surface area contributed by atoms with Crippen LogP contribution in [0.25, 0.3) is 5.69 Å². The average molecular weight is 387 g/mol. The van der Waals surface area contributed by atoms with Gasteiger partial charge in [0.2, 0.25) is 0 Å². The molecule has 0 bridgehead atoms. The Hall–Kier alpha value is -3.30. The van der Waals surface area contributed by atoms with Crippen LogP contribution in [0, 0.1) is 16.0 Å². The lowest BCUT2D eigenvalue weighted by atomic mass is 9.77. The van der Waals surface area contributed by atoms with E-state index in [0.717, 1.165) is 12.8 Å². The SMILES string of the molecule is COC(=O)C1(NC(=O)c2ccc(-n3cncn3)c([N+](=O)[O-])c2)CCC(C)CC1. The van der Waals surface area contributed by atoms with Crippen LogP contribution < -0.4 is 5.32 Å². The summed E-state index contributed by atoms with van der Waals surface area (Å²) in [5.41, 5.74) is -1.13. The van der Waals surface area contributed by atoms with Gasteiger partial charge in [-0.25, -0.2) is 14.5 Å². The molecule has 0 unspecified atom stereocenters. The predicted molar refractivity (Wildman–Crippen MR) is 97.9 cm³/mol. The van der Waals surface area contributed by atoms with Gasteiger partial charge in [-0.1, -0.05) is 6.92 Å². The summed E-state index contributed by atoms with van der Waals surface area (Å²) in [6, 6.07) is 4.05. The quantitative estimate of drug-likeness (QED) is 0.472. The molecule has 1 saturated carbocycles. The Kier molecular flexibility index (Phi) is 5.39. The van der Waals surface area contributed by atoms with E-state index in [1.54, 1.807) is 0 Å². The number of benzene rings is 1. The number of rotatable bonds is 5. The molecule has 1 aromatic carbocycles. The second-order valence-corrected chi connectivity index (χ2v) is 7.01. The van der Waals surface area contributed by atoms with Gasteiger partial charge in [0.25, 0.3) is 11.6 Å². The highest BCUT2D eigenvalue weighted by Crippen LogP contribution is 2.33. The second kappa shape index (κ2) is 7.75. The van der Waals surface area contributed by atoms with Gasteiger partial charge in [-0.2, -0.15) is 5.10 Å². The maximum atomic E-state index is 12.8. The van der Waals surface area contributed by atoms with Crippen LogP contribution in [0.1, 0.15) is 43.0 Å². The zero-order chi connectivity index (χ0) is 20.3. The average Bonchev–Trinajstić information content (AvgIpc) is 3.23. The molecule has 10 heteroatoms. The standard InChI is InChI=1S/C18H21N5O5/c1-12-5-7-18(8-6-12,17(25)28-2)21-16(24)13-3-4-14(15(9-13)23(26)27)22-11-19-10-20-22/h3-4,9-12H,5-8H2,1-2H3,(H,21,24). The molecule has 28 heavy (non-hydrogen) atoms. The molecule has 0 spiro atoms. The van der Waals surface area contributed by atoms with Crippen molar-refractivity contribution in [1.29, 1.82) is 0 Å². The molecule has 0 aliphatic heterocycles. The van der Waals surface area contributed by atoms with Crippen molar-refractivity contribution in [2.75, 3.05) is 7.11 Å². The van der Waals surface area contributed by atoms with Crippen LogP contribution in [0.4, 0.5) is 5.69 Å². The second-order valence-electron chi connectivity index (χ2n) is 7.01. The van der Waals surface area contributed by atoms with E-state index in [4.69, 9.17) is 4.74 Å². The molecule has 1 aromatic heterocycles. The number of nitrogens with zero attached hydrogens (tertiary/aromatic N) is 4. The number of methoxy groups -OCH3 is 1. The fraction of sp³-hybridized carbons (Fsp3) is 0.444. The number of nitro benzene ring substituents is 1. The first-order valence-corrected chi connectivity index (χ1v) is 8.90. The normalized spacial score (nSPS) is 21.7. The summed E-state index contributed by atoms with van der Waals surface area (Å²) in [5.74, 6) is -0.604. The van der Waals surface area contributed by atoms with E-state index >= 15 is 0 Å². The van der Waals surface area contributed by atoms with Gasteiger partial charge in [0.05, 0.1) is 12.0 Å². The molecular weight excluding hydrogens is 366 g/mol. The van der Waals surface area contributed by atoms with Crippen LogP contribution >= 0.6 is 0 Å². The minimum absolute atomic E-state index is 0.0810. The minimum atomic E-state index is -1.11. The first kappa shape index (κ1) is 19.5. The van der Waals surface area contributed by atoms with Crippen molar-refractivity contribution in [3.05, 3.63) is 46.5 Å². The minimum Gasteiger partial charge on any atom is -0.467 e. The van der Waals surface area contributed by atoms with E-state index < -0.39 is 22.3 Å². The van der Waals surface area contributed by atoms with E-state index in [-0.39, 0.29) is 16.9 Å². The molecule has 1 aliphatic carbocycles. The fourth-order valence-electron chi connectivity index (χ4n) is 3.46. The Bertz CT molecular complexity index is 888. The van der Waals surface area contributed by atoms with Crippen LogP contribution in [0.15, 0.2) is 30.9 Å². The summed E-state index contributed by atoms with van der Waals surface area (Å²) in [6.45, 7) is 2.09. The Balaban J connectivity index is 1.90. The number of carbonyl (C=O) groups excluding carboxylic acids is 2. The third kappa shape index (κ3) is 3.71. The molecule has 0 radical (unpaired) electrons. The lowest BCUT2D eigenvalue weighted by molar-refractivity contribution is -0.384. The van der Waals surface area contributed by atoms with Crippen LogP contribution in [0.5, 0.6) is 0 Å². The summed E-state index contributed by atoms with van der Waals surface area (Å²) < 4.78 is 6.16. The Labute approximate surface area is 161 Å². The summed E-state index contributed by atoms with van der Waals surface area (Å²) in [7, 11) is 1.28. The number of hydrogen-bond acceptors (Lipinski definition) is 7. The summed E-state index contributed by atoms with van der Waals surface area (Å²) in [6.07, 6.45) is 5.07. The number of esters is 1. The van der Waals surface area contributed by atoms with E-state index in [1.807, 2.05) is 0 Å². The highest BCUT2D eigenvalue weighted by atomic mass is 16.6. The molecule has 1 amide bonds. The Morgan fingerprint density at radius 3 is 2.64 bits per heavy atom. The van der Waals surface area contributed by atoms with Crippen LogP contribution in [0.3, 0.4) is 0 Å². The molecule has 1 heterocycles. The first-order valence-electron chi connectivity index (χ1n) is 8.90. The highest BCUT2D eigenvalue weighted by molar-refractivity contribution is 5.99. The molecule has 3 rings (SSSR count). The molecule has 1 fully saturated rings. The number of aromatic nitrogens is 3. The van der Waals surface area contributed by atoms with Gasteiger partial charge in [0.15, 0.2) is 0 Å². The van der Waals surface area contributed by atoms with E-state index in [1.165, 1.54) is 42.6 Å². The lowest BCUT2D eigenvalue weighted by Crippen LogP contribution is -2.56. The van der Waals surface area contributed by atoms with Crippen LogP contribution in [-0.4, -0.2) is 44.2 Å². The van der Waals surface area contributed by atoms with Gasteiger partial charge in [-0.3, -0.25) is 14.9 Å². The van der Waals surface area contributed by atoms with E-state index in [2.05, 4.69) is 22.3 Å². The van der Waals surface area contributed by atoms with Gasteiger partial charge in [-0.15, -0.1) is 0 Å². The fourth-order valence-corrected chi connectivity index (χ4v) is 3.46. The lowest BCUT2D eigenvalue weighted by Gasteiger charge is -2.37. The van der Waals surface area contributed by atoms with E-state index in [0.29, 0.717) is 18.8 Å². The third-order valence-corrected chi connectivity index (χ3v) is 5.16. The van der Waals surface area contributed by atoms with Gasteiger partial charge < -0.3 is 10.1 Å². The van der Waals surface area contributed by atoms with Gasteiger partial charge >= 0.3 is 5.97 Å². The number of ether oxygens (including phenoxy) is 1. The maximum Gasteiger partial charge on any atom is 0.331 e. The molecule has 1 N–H and O–H groups in total. The van der Waals surface area contributed by atoms with Crippen molar-refractivity contribution < 1.29 is 19.2 Å². The molecule has 148 valence electrons. The predicted octanol–water partition coefficient (Wildman–Crippen LogP) is 2.03. The van der Waals surface area contributed by atoms with Gasteiger partial charge in [-0.05, 0) is 43.7 Å². The Morgan fingerprint density at radius 2 is 2.07 bits per heavy atom. The topological polar surface area (TPSA) is 129 Å². The first-order chi connectivity index (χ1) is 13.4. The molecule has 0 atom stereocenters. The number of amides is 1.